The fourth-order valence-electron chi connectivity index (χ4n) is 2.20. The van der Waals surface area contributed by atoms with Gasteiger partial charge in [0.25, 0.3) is 5.91 Å². The lowest BCUT2D eigenvalue weighted by Crippen LogP contribution is -2.48. The smallest absolute Gasteiger partial charge is 0.263 e. The number of carbonyl (C=O) groups is 1. The number of thioether (sulfide) groups is 1. The van der Waals surface area contributed by atoms with E-state index in [-0.39, 0.29) is 5.91 Å². The average Bonchev–Trinajstić information content (AvgIpc) is 2.91. The summed E-state index contributed by atoms with van der Waals surface area (Å²) in [7, 11) is 0. The van der Waals surface area contributed by atoms with Crippen LogP contribution in [0, 0.1) is 0 Å². The van der Waals surface area contributed by atoms with E-state index in [9.17, 15) is 4.79 Å². The predicted molar refractivity (Wildman–Crippen MR) is 73.2 cm³/mol. The van der Waals surface area contributed by atoms with Gasteiger partial charge in [0.2, 0.25) is 0 Å². The van der Waals surface area contributed by atoms with Crippen LogP contribution in [0.15, 0.2) is 24.3 Å². The lowest BCUT2D eigenvalue weighted by molar-refractivity contribution is -0.128. The number of ether oxygens (including phenoxy) is 1. The van der Waals surface area contributed by atoms with Crippen molar-refractivity contribution in [2.24, 2.45) is 0 Å². The van der Waals surface area contributed by atoms with Crippen molar-refractivity contribution >= 4 is 23.4 Å². The zero-order valence-corrected chi connectivity index (χ0v) is 10.8. The fourth-order valence-corrected chi connectivity index (χ4v) is 3.35. The zero-order chi connectivity index (χ0) is 12.4. The van der Waals surface area contributed by atoms with Crippen molar-refractivity contribution in [2.75, 3.05) is 23.4 Å². The van der Waals surface area contributed by atoms with Gasteiger partial charge >= 0.3 is 0 Å². The van der Waals surface area contributed by atoms with Crippen LogP contribution in [-0.4, -0.2) is 36.1 Å². The van der Waals surface area contributed by atoms with Crippen LogP contribution in [-0.2, 0) is 4.79 Å². The largest absolute Gasteiger partial charge is 0.477 e. The molecule has 1 saturated heterocycles. The van der Waals surface area contributed by atoms with Gasteiger partial charge in [0.05, 0.1) is 12.2 Å². The summed E-state index contributed by atoms with van der Waals surface area (Å²) in [4.78, 5) is 12.1. The Kier molecular flexibility index (Phi) is 3.32. The Labute approximate surface area is 110 Å². The first-order valence-electron chi connectivity index (χ1n) is 6.20. The van der Waals surface area contributed by atoms with E-state index in [1.54, 1.807) is 0 Å². The summed E-state index contributed by atoms with van der Waals surface area (Å²) < 4.78 is 5.72. The van der Waals surface area contributed by atoms with Crippen molar-refractivity contribution < 1.29 is 9.53 Å². The molecule has 0 spiro atoms. The van der Waals surface area contributed by atoms with E-state index in [1.807, 2.05) is 36.0 Å². The third-order valence-corrected chi connectivity index (χ3v) is 4.37. The normalized spacial score (nSPS) is 25.8. The summed E-state index contributed by atoms with van der Waals surface area (Å²) >= 11 is 1.89. The highest BCUT2D eigenvalue weighted by molar-refractivity contribution is 7.99. The lowest BCUT2D eigenvalue weighted by Gasteiger charge is -2.27. The van der Waals surface area contributed by atoms with Gasteiger partial charge in [-0.1, -0.05) is 12.1 Å². The van der Waals surface area contributed by atoms with Gasteiger partial charge in [-0.15, -0.1) is 0 Å². The maximum atomic E-state index is 12.1. The number of fused-ring (bicyclic) bond motifs is 1. The molecule has 0 aliphatic carbocycles. The predicted octanol–water partition coefficient (Wildman–Crippen LogP) is 1.48. The molecule has 0 aromatic heterocycles. The average molecular weight is 264 g/mol. The van der Waals surface area contributed by atoms with Gasteiger partial charge < -0.3 is 15.4 Å². The molecular weight excluding hydrogens is 248 g/mol. The molecule has 2 N–H and O–H groups in total. The topological polar surface area (TPSA) is 50.4 Å². The molecule has 2 aliphatic heterocycles. The molecule has 2 atom stereocenters. The number of carbonyl (C=O) groups excluding carboxylic acids is 1. The Morgan fingerprint density at radius 2 is 2.33 bits per heavy atom. The molecule has 0 saturated carbocycles. The van der Waals surface area contributed by atoms with E-state index in [2.05, 4.69) is 10.6 Å². The van der Waals surface area contributed by atoms with Gasteiger partial charge in [-0.05, 0) is 24.3 Å². The second-order valence-electron chi connectivity index (χ2n) is 4.55. The zero-order valence-electron chi connectivity index (χ0n) is 10.0. The van der Waals surface area contributed by atoms with Crippen molar-refractivity contribution in [3.63, 3.8) is 0 Å². The molecule has 1 aromatic carbocycles. The quantitative estimate of drug-likeness (QED) is 0.849. The van der Waals surface area contributed by atoms with Gasteiger partial charge in [0.15, 0.2) is 6.10 Å². The Morgan fingerprint density at radius 1 is 1.44 bits per heavy atom. The highest BCUT2D eigenvalue weighted by Crippen LogP contribution is 2.28. The molecule has 3 rings (SSSR count). The van der Waals surface area contributed by atoms with Crippen molar-refractivity contribution in [3.8, 4) is 5.75 Å². The number of para-hydroxylation sites is 2. The molecular formula is C13H16N2O2S. The maximum Gasteiger partial charge on any atom is 0.263 e. The Morgan fingerprint density at radius 3 is 3.17 bits per heavy atom. The van der Waals surface area contributed by atoms with Crippen molar-refractivity contribution in [1.82, 2.24) is 5.32 Å². The highest BCUT2D eigenvalue weighted by atomic mass is 32.2. The standard InChI is InChI=1S/C13H16N2O2S/c16-13(15-9-5-6-18-8-9)12-7-14-10-3-1-2-4-11(10)17-12/h1-4,9,12,14H,5-8H2,(H,15,16). The first-order valence-corrected chi connectivity index (χ1v) is 7.36. The van der Waals surface area contributed by atoms with Gasteiger partial charge in [-0.25, -0.2) is 0 Å². The van der Waals surface area contributed by atoms with Crippen LogP contribution in [0.25, 0.3) is 0 Å². The minimum absolute atomic E-state index is 0.00972. The van der Waals surface area contributed by atoms with Crippen LogP contribution >= 0.6 is 11.8 Å². The summed E-state index contributed by atoms with van der Waals surface area (Å²) in [5.41, 5.74) is 0.956. The Hall–Kier alpha value is -1.36. The molecule has 1 fully saturated rings. The first-order chi connectivity index (χ1) is 8.83. The molecule has 5 heteroatoms. The van der Waals surface area contributed by atoms with Gasteiger partial charge in [0.1, 0.15) is 5.75 Å². The maximum absolute atomic E-state index is 12.1. The number of anilines is 1. The monoisotopic (exact) mass is 264 g/mol. The molecule has 1 amide bonds. The van der Waals surface area contributed by atoms with Crippen LogP contribution in [0.2, 0.25) is 0 Å². The number of benzene rings is 1. The molecule has 18 heavy (non-hydrogen) atoms. The van der Waals surface area contributed by atoms with Gasteiger partial charge in [0, 0.05) is 11.8 Å². The second-order valence-corrected chi connectivity index (χ2v) is 5.70. The number of rotatable bonds is 2. The summed E-state index contributed by atoms with van der Waals surface area (Å²) in [5, 5.41) is 6.28. The SMILES string of the molecule is O=C(NC1CCSC1)C1CNc2ccccc2O1. The highest BCUT2D eigenvalue weighted by Gasteiger charge is 2.28. The van der Waals surface area contributed by atoms with Crippen molar-refractivity contribution in [2.45, 2.75) is 18.6 Å². The summed E-state index contributed by atoms with van der Waals surface area (Å²) in [6.45, 7) is 0.530. The summed E-state index contributed by atoms with van der Waals surface area (Å²) in [5.74, 6) is 2.90. The molecule has 0 radical (unpaired) electrons. The van der Waals surface area contributed by atoms with E-state index in [0.29, 0.717) is 12.6 Å². The molecule has 2 unspecified atom stereocenters. The molecule has 1 aromatic rings. The molecule has 2 aliphatic rings. The van der Waals surface area contributed by atoms with Crippen LogP contribution < -0.4 is 15.4 Å². The first kappa shape index (κ1) is 11.7. The second kappa shape index (κ2) is 5.10. The molecule has 2 heterocycles. The molecule has 0 bridgehead atoms. The van der Waals surface area contributed by atoms with Crippen LogP contribution in [0.5, 0.6) is 5.75 Å². The Bertz CT molecular complexity index is 446. The Balaban J connectivity index is 1.62. The van der Waals surface area contributed by atoms with Gasteiger partial charge in [-0.3, -0.25) is 4.79 Å². The number of hydrogen-bond donors (Lipinski definition) is 2. The van der Waals surface area contributed by atoms with E-state index in [0.717, 1.165) is 29.4 Å². The number of hydrogen-bond acceptors (Lipinski definition) is 4. The van der Waals surface area contributed by atoms with E-state index >= 15 is 0 Å². The van der Waals surface area contributed by atoms with Crippen LogP contribution in [0.4, 0.5) is 5.69 Å². The number of amides is 1. The number of nitrogens with one attached hydrogen (secondary N) is 2. The fraction of sp³-hybridized carbons (Fsp3) is 0.462. The lowest BCUT2D eigenvalue weighted by atomic mass is 10.2. The van der Waals surface area contributed by atoms with E-state index in [4.69, 9.17) is 4.74 Å². The molecule has 4 nitrogen and oxygen atoms in total. The van der Waals surface area contributed by atoms with Crippen LogP contribution in [0.1, 0.15) is 6.42 Å². The minimum Gasteiger partial charge on any atom is -0.477 e. The van der Waals surface area contributed by atoms with E-state index < -0.39 is 6.10 Å². The summed E-state index contributed by atoms with van der Waals surface area (Å²) in [6, 6.07) is 8.01. The van der Waals surface area contributed by atoms with Crippen molar-refractivity contribution in [1.29, 1.82) is 0 Å². The van der Waals surface area contributed by atoms with Gasteiger partial charge in [-0.2, -0.15) is 11.8 Å². The third-order valence-electron chi connectivity index (χ3n) is 3.20. The minimum atomic E-state index is -0.425. The van der Waals surface area contributed by atoms with E-state index in [1.165, 1.54) is 0 Å². The third kappa shape index (κ3) is 2.41. The van der Waals surface area contributed by atoms with Crippen LogP contribution in [0.3, 0.4) is 0 Å². The molecule has 96 valence electrons. The van der Waals surface area contributed by atoms with Crippen molar-refractivity contribution in [3.05, 3.63) is 24.3 Å². The summed E-state index contributed by atoms with van der Waals surface area (Å²) in [6.07, 6.45) is 0.637.